The molecule has 2 fully saturated rings. The molecule has 2 aliphatic rings. The van der Waals surface area contributed by atoms with Crippen LogP contribution in [0.5, 0.6) is 5.75 Å². The van der Waals surface area contributed by atoms with E-state index in [1.54, 1.807) is 20.0 Å². The summed E-state index contributed by atoms with van der Waals surface area (Å²) in [6, 6.07) is 0.819. The molecule has 1 aliphatic carbocycles. The van der Waals surface area contributed by atoms with Crippen LogP contribution in [0.25, 0.3) is 0 Å². The fraction of sp³-hybridized carbons (Fsp3) is 0.738. The number of hydrogen-bond acceptors (Lipinski definition) is 9. The second-order valence-corrected chi connectivity index (χ2v) is 16.4. The molecule has 0 aromatic heterocycles. The molecule has 1 aromatic carbocycles. The maximum absolute atomic E-state index is 14.3. The van der Waals surface area contributed by atoms with Gasteiger partial charge in [-0.25, -0.2) is 0 Å². The highest BCUT2D eigenvalue weighted by Crippen LogP contribution is 2.28. The molecule has 316 valence electrons. The van der Waals surface area contributed by atoms with Gasteiger partial charge in [0, 0.05) is 26.2 Å². The van der Waals surface area contributed by atoms with Crippen LogP contribution in [0.3, 0.4) is 0 Å². The minimum absolute atomic E-state index is 0.0712. The minimum Gasteiger partial charge on any atom is -0.491 e. The number of rotatable bonds is 13. The van der Waals surface area contributed by atoms with Crippen molar-refractivity contribution in [1.82, 2.24) is 26.2 Å². The predicted molar refractivity (Wildman–Crippen MR) is 217 cm³/mol. The van der Waals surface area contributed by atoms with Gasteiger partial charge >= 0.3 is 0 Å². The Morgan fingerprint density at radius 3 is 2.18 bits per heavy atom. The molecular formula is C42H71N7O7. The lowest BCUT2D eigenvalue weighted by Crippen LogP contribution is -2.62. The number of nitrogens with one attached hydrogen (secondary N) is 4. The standard InChI is InChI=1S/C42H71N7O7/c1-8-9-10-14-17-36-29(6)42(54)49(7)34(20-26(2)3)40(52)48-37(31-15-12-11-13-16-31)41(53)46-32(23-44)38(50)47-33(39(51)45-28(5)24-55-36)25-56-35-19-18-30(22-43)21-27(35)4/h18-19,21,26,28-29,31-34,36-37H,8-17,20,22-25,43-44H2,1-7H3,(H,45,51)(H,46,53)(H,47,50)(H,48,52)/t28-,29+,32-,33-,34-,36+,37-/m0/s1. The van der Waals surface area contributed by atoms with Crippen LogP contribution in [0.15, 0.2) is 18.2 Å². The maximum Gasteiger partial charge on any atom is 0.246 e. The number of aryl methyl sites for hydroxylation is 1. The van der Waals surface area contributed by atoms with Crippen LogP contribution >= 0.6 is 0 Å². The van der Waals surface area contributed by atoms with Crippen LogP contribution in [0, 0.1) is 24.7 Å². The molecule has 7 atom stereocenters. The van der Waals surface area contributed by atoms with Crippen molar-refractivity contribution in [2.75, 3.05) is 26.8 Å². The lowest BCUT2D eigenvalue weighted by Gasteiger charge is -2.36. The van der Waals surface area contributed by atoms with Gasteiger partial charge in [0.05, 0.1) is 18.6 Å². The Hall–Kier alpha value is -3.75. The zero-order valence-electron chi connectivity index (χ0n) is 35.0. The zero-order valence-corrected chi connectivity index (χ0v) is 35.0. The van der Waals surface area contributed by atoms with Crippen molar-refractivity contribution >= 4 is 29.5 Å². The van der Waals surface area contributed by atoms with Gasteiger partial charge in [-0.2, -0.15) is 0 Å². The first-order chi connectivity index (χ1) is 26.7. The second kappa shape index (κ2) is 23.5. The van der Waals surface area contributed by atoms with Crippen LogP contribution in [-0.4, -0.2) is 97.6 Å². The van der Waals surface area contributed by atoms with Crippen LogP contribution < -0.4 is 37.5 Å². The average Bonchev–Trinajstić information content (AvgIpc) is 3.18. The predicted octanol–water partition coefficient (Wildman–Crippen LogP) is 3.21. The first-order valence-electron chi connectivity index (χ1n) is 20.9. The van der Waals surface area contributed by atoms with Crippen LogP contribution in [-0.2, 0) is 35.3 Å². The van der Waals surface area contributed by atoms with Crippen molar-refractivity contribution in [3.8, 4) is 5.75 Å². The first kappa shape index (κ1) is 46.6. The van der Waals surface area contributed by atoms with Gasteiger partial charge in [-0.1, -0.05) is 84.8 Å². The number of ether oxygens (including phenoxy) is 2. The Morgan fingerprint density at radius 2 is 1.55 bits per heavy atom. The number of carbonyl (C=O) groups excluding carboxylic acids is 5. The van der Waals surface area contributed by atoms with E-state index in [9.17, 15) is 24.0 Å². The SMILES string of the molecule is CCCCCC[C@H]1OC[C@H](C)NC(=O)[C@H](COc2ccc(CN)cc2C)NC(=O)[C@H](CN)NC(=O)[C@H](C2CCCCC2)NC(=O)[C@H](CC(C)C)N(C)C(=O)[C@@H]1C. The fourth-order valence-electron chi connectivity index (χ4n) is 7.66. The number of nitrogens with zero attached hydrogens (tertiary/aromatic N) is 1. The maximum atomic E-state index is 14.3. The number of carbonyl (C=O) groups is 5. The molecule has 5 amide bonds. The van der Waals surface area contributed by atoms with E-state index in [0.29, 0.717) is 25.1 Å². The minimum atomic E-state index is -1.21. The average molecular weight is 786 g/mol. The summed E-state index contributed by atoms with van der Waals surface area (Å²) in [5, 5.41) is 11.5. The smallest absolute Gasteiger partial charge is 0.246 e. The third kappa shape index (κ3) is 14.0. The molecule has 3 rings (SSSR count). The Kier molecular flexibility index (Phi) is 19.5. The highest BCUT2D eigenvalue weighted by molar-refractivity contribution is 5.96. The van der Waals surface area contributed by atoms with Crippen molar-refractivity contribution in [2.45, 2.75) is 155 Å². The lowest BCUT2D eigenvalue weighted by molar-refractivity contribution is -0.147. The van der Waals surface area contributed by atoms with Crippen LogP contribution in [0.1, 0.15) is 116 Å². The summed E-state index contributed by atoms with van der Waals surface area (Å²) in [6.45, 7) is 11.6. The number of unbranched alkanes of at least 4 members (excludes halogenated alkanes) is 3. The topological polar surface area (TPSA) is 207 Å². The Morgan fingerprint density at radius 1 is 0.875 bits per heavy atom. The third-order valence-electron chi connectivity index (χ3n) is 11.1. The van der Waals surface area contributed by atoms with Gasteiger partial charge in [0.15, 0.2) is 0 Å². The molecule has 1 heterocycles. The van der Waals surface area contributed by atoms with Gasteiger partial charge < -0.3 is 47.1 Å². The molecule has 56 heavy (non-hydrogen) atoms. The van der Waals surface area contributed by atoms with Gasteiger partial charge in [-0.05, 0) is 68.6 Å². The molecular weight excluding hydrogens is 715 g/mol. The summed E-state index contributed by atoms with van der Waals surface area (Å²) in [7, 11) is 1.64. The summed E-state index contributed by atoms with van der Waals surface area (Å²) in [6.07, 6.45) is 8.78. The van der Waals surface area contributed by atoms with Gasteiger partial charge in [-0.3, -0.25) is 24.0 Å². The van der Waals surface area contributed by atoms with Crippen molar-refractivity contribution in [2.24, 2.45) is 29.2 Å². The number of hydrogen-bond donors (Lipinski definition) is 6. The van der Waals surface area contributed by atoms with E-state index in [-0.39, 0.29) is 37.5 Å². The first-order valence-corrected chi connectivity index (χ1v) is 20.9. The summed E-state index contributed by atoms with van der Waals surface area (Å²) in [5.41, 5.74) is 13.6. The molecule has 0 spiro atoms. The van der Waals surface area contributed by atoms with Gasteiger partial charge in [0.25, 0.3) is 0 Å². The van der Waals surface area contributed by atoms with Gasteiger partial charge in [0.1, 0.15) is 36.5 Å². The largest absolute Gasteiger partial charge is 0.491 e. The van der Waals surface area contributed by atoms with E-state index in [0.717, 1.165) is 68.9 Å². The Bertz CT molecular complexity index is 1440. The van der Waals surface area contributed by atoms with E-state index >= 15 is 0 Å². The summed E-state index contributed by atoms with van der Waals surface area (Å²) in [4.78, 5) is 71.9. The summed E-state index contributed by atoms with van der Waals surface area (Å²) in [5.74, 6) is -2.55. The van der Waals surface area contributed by atoms with Crippen LogP contribution in [0.2, 0.25) is 0 Å². The lowest BCUT2D eigenvalue weighted by atomic mass is 9.83. The van der Waals surface area contributed by atoms with E-state index in [1.807, 2.05) is 39.8 Å². The molecule has 8 N–H and O–H groups in total. The highest BCUT2D eigenvalue weighted by atomic mass is 16.5. The zero-order chi connectivity index (χ0) is 41.4. The van der Waals surface area contributed by atoms with Crippen molar-refractivity contribution in [3.63, 3.8) is 0 Å². The van der Waals surface area contributed by atoms with E-state index < -0.39 is 65.9 Å². The Labute approximate surface area is 334 Å². The molecule has 1 saturated carbocycles. The van der Waals surface area contributed by atoms with Gasteiger partial charge in [0.2, 0.25) is 29.5 Å². The molecule has 0 radical (unpaired) electrons. The molecule has 14 nitrogen and oxygen atoms in total. The third-order valence-corrected chi connectivity index (χ3v) is 11.1. The molecule has 1 saturated heterocycles. The van der Waals surface area contributed by atoms with E-state index in [4.69, 9.17) is 20.9 Å². The normalized spacial score (nSPS) is 27.1. The monoisotopic (exact) mass is 786 g/mol. The van der Waals surface area contributed by atoms with Crippen molar-refractivity contribution in [3.05, 3.63) is 29.3 Å². The molecule has 1 aliphatic heterocycles. The number of benzene rings is 1. The highest BCUT2D eigenvalue weighted by Gasteiger charge is 2.39. The number of amides is 5. The molecule has 0 unspecified atom stereocenters. The molecule has 0 bridgehead atoms. The quantitative estimate of drug-likeness (QED) is 0.162. The molecule has 14 heteroatoms. The number of likely N-dealkylation sites (N-methyl/N-ethyl adjacent to an activating group) is 1. The Balaban J connectivity index is 2.02. The summed E-state index contributed by atoms with van der Waals surface area (Å²) >= 11 is 0. The second-order valence-electron chi connectivity index (χ2n) is 16.4. The van der Waals surface area contributed by atoms with Gasteiger partial charge in [-0.15, -0.1) is 0 Å². The van der Waals surface area contributed by atoms with Crippen molar-refractivity contribution in [1.29, 1.82) is 0 Å². The van der Waals surface area contributed by atoms with Crippen LogP contribution in [0.4, 0.5) is 0 Å². The molecule has 1 aromatic rings. The fourth-order valence-corrected chi connectivity index (χ4v) is 7.66. The number of nitrogens with two attached hydrogens (primary N) is 2. The van der Waals surface area contributed by atoms with E-state index in [1.165, 1.54) is 4.90 Å². The van der Waals surface area contributed by atoms with Crippen molar-refractivity contribution < 1.29 is 33.4 Å². The van der Waals surface area contributed by atoms with E-state index in [2.05, 4.69) is 28.2 Å². The summed E-state index contributed by atoms with van der Waals surface area (Å²) < 4.78 is 12.5.